The Morgan fingerprint density at radius 2 is 1.97 bits per heavy atom. The van der Waals surface area contributed by atoms with Crippen molar-refractivity contribution in [3.63, 3.8) is 0 Å². The molecule has 1 saturated heterocycles. The molecule has 6 nitrogen and oxygen atoms in total. The van der Waals surface area contributed by atoms with E-state index in [-0.39, 0.29) is 15.8 Å². The fraction of sp³-hybridized carbons (Fsp3) is 0.368. The predicted octanol–water partition coefficient (Wildman–Crippen LogP) is 4.17. The van der Waals surface area contributed by atoms with E-state index in [1.165, 1.54) is 40.5 Å². The van der Waals surface area contributed by atoms with Crippen LogP contribution in [0.1, 0.15) is 26.2 Å². The summed E-state index contributed by atoms with van der Waals surface area (Å²) in [5.74, 6) is -0.811. The first-order valence-corrected chi connectivity index (χ1v) is 11.9. The van der Waals surface area contributed by atoms with E-state index in [0.29, 0.717) is 23.8 Å². The van der Waals surface area contributed by atoms with Gasteiger partial charge in [0.1, 0.15) is 10.7 Å². The third-order valence-corrected chi connectivity index (χ3v) is 7.76. The number of anilines is 1. The molecule has 2 heterocycles. The van der Waals surface area contributed by atoms with Crippen LogP contribution < -0.4 is 5.32 Å². The molecular formula is C19H21ClFN3O3S2. The summed E-state index contributed by atoms with van der Waals surface area (Å²) in [5, 5.41) is 2.76. The standard InChI is InChI=1S/C19H21ClFN3O3S2/c1-13(19(25)23-17-7-5-14(21)11-16(17)20)28-18-8-6-15(12-22-18)29(26,27)24-9-3-2-4-10-24/h5-8,11-13H,2-4,9-10H2,1H3,(H,23,25)/t13-/m1/s1. The van der Waals surface area contributed by atoms with Gasteiger partial charge in [-0.1, -0.05) is 29.8 Å². The fourth-order valence-electron chi connectivity index (χ4n) is 2.90. The van der Waals surface area contributed by atoms with Gasteiger partial charge in [-0.05, 0) is 50.1 Å². The summed E-state index contributed by atoms with van der Waals surface area (Å²) >= 11 is 7.11. The molecule has 0 spiro atoms. The summed E-state index contributed by atoms with van der Waals surface area (Å²) in [6.07, 6.45) is 4.10. The molecular weight excluding hydrogens is 437 g/mol. The topological polar surface area (TPSA) is 79.4 Å². The van der Waals surface area contributed by atoms with Crippen LogP contribution in [-0.2, 0) is 14.8 Å². The largest absolute Gasteiger partial charge is 0.324 e. The van der Waals surface area contributed by atoms with Gasteiger partial charge in [-0.2, -0.15) is 4.31 Å². The quantitative estimate of drug-likeness (QED) is 0.658. The Kier molecular flexibility index (Phi) is 7.15. The molecule has 0 aliphatic carbocycles. The van der Waals surface area contributed by atoms with E-state index < -0.39 is 21.1 Å². The molecule has 1 fully saturated rings. The first-order chi connectivity index (χ1) is 13.8. The molecule has 0 saturated carbocycles. The van der Waals surface area contributed by atoms with Crippen LogP contribution in [0.25, 0.3) is 0 Å². The number of hydrogen-bond donors (Lipinski definition) is 1. The molecule has 2 aromatic rings. The third-order valence-electron chi connectivity index (χ3n) is 4.52. The monoisotopic (exact) mass is 457 g/mol. The van der Waals surface area contributed by atoms with Crippen LogP contribution in [0.15, 0.2) is 46.5 Å². The lowest BCUT2D eigenvalue weighted by Crippen LogP contribution is -2.35. The van der Waals surface area contributed by atoms with Crippen molar-refractivity contribution in [2.75, 3.05) is 18.4 Å². The highest BCUT2D eigenvalue weighted by Crippen LogP contribution is 2.27. The highest BCUT2D eigenvalue weighted by Gasteiger charge is 2.26. The van der Waals surface area contributed by atoms with E-state index in [2.05, 4.69) is 10.3 Å². The Labute approximate surface area is 178 Å². The molecule has 156 valence electrons. The van der Waals surface area contributed by atoms with Gasteiger partial charge >= 0.3 is 0 Å². The van der Waals surface area contributed by atoms with Gasteiger partial charge in [0.2, 0.25) is 15.9 Å². The number of carbonyl (C=O) groups is 1. The molecule has 0 bridgehead atoms. The maximum atomic E-state index is 13.1. The number of sulfonamides is 1. The number of hydrogen-bond acceptors (Lipinski definition) is 5. The van der Waals surface area contributed by atoms with Gasteiger partial charge < -0.3 is 5.32 Å². The second kappa shape index (κ2) is 9.42. The van der Waals surface area contributed by atoms with Crippen LogP contribution in [-0.4, -0.2) is 42.0 Å². The molecule has 1 aromatic heterocycles. The minimum atomic E-state index is -3.54. The summed E-state index contributed by atoms with van der Waals surface area (Å²) in [6, 6.07) is 6.84. The van der Waals surface area contributed by atoms with Gasteiger partial charge in [0.25, 0.3) is 0 Å². The molecule has 1 N–H and O–H groups in total. The van der Waals surface area contributed by atoms with Gasteiger partial charge in [0, 0.05) is 19.3 Å². The van der Waals surface area contributed by atoms with Crippen LogP contribution in [0, 0.1) is 5.82 Å². The number of nitrogens with zero attached hydrogens (tertiary/aromatic N) is 2. The normalized spacial score (nSPS) is 16.4. The van der Waals surface area contributed by atoms with Gasteiger partial charge in [-0.25, -0.2) is 17.8 Å². The van der Waals surface area contributed by atoms with Crippen LogP contribution >= 0.6 is 23.4 Å². The van der Waals surface area contributed by atoms with Crippen molar-refractivity contribution in [1.29, 1.82) is 0 Å². The molecule has 10 heteroatoms. The molecule has 1 aliphatic heterocycles. The van der Waals surface area contributed by atoms with E-state index in [0.717, 1.165) is 25.3 Å². The number of halogens is 2. The second-order valence-electron chi connectivity index (χ2n) is 6.67. The van der Waals surface area contributed by atoms with E-state index in [1.807, 2.05) is 0 Å². The third kappa shape index (κ3) is 5.48. The lowest BCUT2D eigenvalue weighted by atomic mass is 10.2. The summed E-state index contributed by atoms with van der Waals surface area (Å²) in [7, 11) is -3.54. The zero-order valence-corrected chi connectivity index (χ0v) is 18.2. The number of amides is 1. The molecule has 1 atom stereocenters. The Morgan fingerprint density at radius 1 is 1.24 bits per heavy atom. The van der Waals surface area contributed by atoms with Crippen molar-refractivity contribution in [2.24, 2.45) is 0 Å². The Hall–Kier alpha value is -1.68. The number of nitrogens with one attached hydrogen (secondary N) is 1. The highest BCUT2D eigenvalue weighted by atomic mass is 35.5. The number of piperidine rings is 1. The van der Waals surface area contributed by atoms with Crippen LogP contribution in [0.4, 0.5) is 10.1 Å². The van der Waals surface area contributed by atoms with Crippen LogP contribution in [0.3, 0.4) is 0 Å². The second-order valence-corrected chi connectivity index (χ2v) is 10.4. The van der Waals surface area contributed by atoms with Crippen molar-refractivity contribution in [2.45, 2.75) is 41.4 Å². The minimum Gasteiger partial charge on any atom is -0.324 e. The van der Waals surface area contributed by atoms with Crippen molar-refractivity contribution in [1.82, 2.24) is 9.29 Å². The molecule has 0 unspecified atom stereocenters. The van der Waals surface area contributed by atoms with E-state index in [9.17, 15) is 17.6 Å². The lowest BCUT2D eigenvalue weighted by Gasteiger charge is -2.25. The predicted molar refractivity (Wildman–Crippen MR) is 112 cm³/mol. The Balaban J connectivity index is 1.63. The van der Waals surface area contributed by atoms with Gasteiger partial charge in [0.05, 0.1) is 21.0 Å². The smallest absolute Gasteiger partial charge is 0.244 e. The summed E-state index contributed by atoms with van der Waals surface area (Å²) in [5.41, 5.74) is 0.321. The van der Waals surface area contributed by atoms with E-state index >= 15 is 0 Å². The van der Waals surface area contributed by atoms with Crippen molar-refractivity contribution in [3.05, 3.63) is 47.4 Å². The summed E-state index contributed by atoms with van der Waals surface area (Å²) in [6.45, 7) is 2.75. The fourth-order valence-corrected chi connectivity index (χ4v) is 5.37. The number of carbonyl (C=O) groups excluding carboxylic acids is 1. The zero-order chi connectivity index (χ0) is 21.0. The average molecular weight is 458 g/mol. The van der Waals surface area contributed by atoms with E-state index in [1.54, 1.807) is 13.0 Å². The number of thioether (sulfide) groups is 1. The van der Waals surface area contributed by atoms with E-state index in [4.69, 9.17) is 11.6 Å². The molecule has 3 rings (SSSR count). The van der Waals surface area contributed by atoms with Crippen molar-refractivity contribution < 1.29 is 17.6 Å². The molecule has 29 heavy (non-hydrogen) atoms. The SMILES string of the molecule is C[C@@H](Sc1ccc(S(=O)(=O)N2CCCCC2)cn1)C(=O)Nc1ccc(F)cc1Cl. The van der Waals surface area contributed by atoms with Crippen molar-refractivity contribution in [3.8, 4) is 0 Å². The summed E-state index contributed by atoms with van der Waals surface area (Å²) in [4.78, 5) is 16.7. The number of pyridine rings is 1. The van der Waals surface area contributed by atoms with Crippen LogP contribution in [0.2, 0.25) is 5.02 Å². The van der Waals surface area contributed by atoms with Crippen molar-refractivity contribution >= 4 is 45.0 Å². The average Bonchev–Trinajstić information content (AvgIpc) is 2.71. The maximum absolute atomic E-state index is 13.1. The molecule has 1 aromatic carbocycles. The first-order valence-electron chi connectivity index (χ1n) is 9.16. The van der Waals surface area contributed by atoms with Gasteiger partial charge in [-0.15, -0.1) is 0 Å². The first kappa shape index (κ1) is 22.0. The van der Waals surface area contributed by atoms with Gasteiger partial charge in [0.15, 0.2) is 0 Å². The number of benzene rings is 1. The zero-order valence-electron chi connectivity index (χ0n) is 15.8. The molecule has 0 radical (unpaired) electrons. The van der Waals surface area contributed by atoms with Crippen LogP contribution in [0.5, 0.6) is 0 Å². The minimum absolute atomic E-state index is 0.112. The summed E-state index contributed by atoms with van der Waals surface area (Å²) < 4.78 is 39.9. The van der Waals surface area contributed by atoms with Gasteiger partial charge in [-0.3, -0.25) is 4.79 Å². The number of rotatable bonds is 6. The highest BCUT2D eigenvalue weighted by molar-refractivity contribution is 8.00. The lowest BCUT2D eigenvalue weighted by molar-refractivity contribution is -0.115. The Bertz CT molecular complexity index is 981. The number of aromatic nitrogens is 1. The Morgan fingerprint density at radius 3 is 2.59 bits per heavy atom. The molecule has 1 amide bonds. The molecule has 1 aliphatic rings. The maximum Gasteiger partial charge on any atom is 0.244 e.